The molecule has 3 aromatic carbocycles. The van der Waals surface area contributed by atoms with E-state index in [0.717, 1.165) is 27.7 Å². The van der Waals surface area contributed by atoms with Crippen molar-refractivity contribution in [2.45, 2.75) is 29.1 Å². The first-order chi connectivity index (χ1) is 17.7. The van der Waals surface area contributed by atoms with Gasteiger partial charge in [0, 0.05) is 34.0 Å². The molecule has 2 heterocycles. The normalized spacial score (nSPS) is 12.5. The Kier molecular flexibility index (Phi) is 6.59. The third-order valence-corrected chi connectivity index (χ3v) is 7.80. The second-order valence-corrected chi connectivity index (χ2v) is 11.4. The van der Waals surface area contributed by atoms with Crippen molar-refractivity contribution >= 4 is 44.3 Å². The molecule has 5 aromatic rings. The molecule has 5 rings (SSSR count). The summed E-state index contributed by atoms with van der Waals surface area (Å²) in [5.41, 5.74) is 4.33. The van der Waals surface area contributed by atoms with Crippen LogP contribution in [0.3, 0.4) is 0 Å². The highest BCUT2D eigenvalue weighted by molar-refractivity contribution is 8.00. The molecule has 0 spiro atoms. The highest BCUT2D eigenvalue weighted by atomic mass is 32.2. The van der Waals surface area contributed by atoms with Gasteiger partial charge in [0.1, 0.15) is 0 Å². The van der Waals surface area contributed by atoms with E-state index in [1.807, 2.05) is 66.2 Å². The number of primary sulfonamides is 1. The molecule has 0 bridgehead atoms. The van der Waals surface area contributed by atoms with Crippen molar-refractivity contribution in [3.05, 3.63) is 84.6 Å². The van der Waals surface area contributed by atoms with Crippen molar-refractivity contribution in [3.63, 3.8) is 0 Å². The molecule has 4 N–H and O–H groups in total. The van der Waals surface area contributed by atoms with Gasteiger partial charge >= 0.3 is 0 Å². The zero-order valence-electron chi connectivity index (χ0n) is 20.0. The number of nitrogens with one attached hydrogen (secondary N) is 2. The number of nitrogens with zero attached hydrogens (tertiary/aromatic N) is 3. The average molecular weight is 533 g/mol. The van der Waals surface area contributed by atoms with Gasteiger partial charge in [-0.25, -0.2) is 13.6 Å². The number of anilines is 1. The number of rotatable bonds is 7. The number of fused-ring (bicyclic) bond motifs is 1. The fourth-order valence-electron chi connectivity index (χ4n) is 3.96. The number of nitrogens with two attached hydrogens (primary N) is 1. The zero-order valence-corrected chi connectivity index (χ0v) is 21.7. The van der Waals surface area contributed by atoms with Crippen molar-refractivity contribution in [3.8, 4) is 17.1 Å². The molecular weight excluding hydrogens is 508 g/mol. The summed E-state index contributed by atoms with van der Waals surface area (Å²) in [6.07, 6.45) is 1.91. The van der Waals surface area contributed by atoms with Gasteiger partial charge in [0.2, 0.25) is 15.9 Å². The number of hydrogen-bond acceptors (Lipinski definition) is 6. The summed E-state index contributed by atoms with van der Waals surface area (Å²) in [4.78, 5) is 16.2. The number of H-pyrrole nitrogens is 1. The van der Waals surface area contributed by atoms with Crippen molar-refractivity contribution in [2.75, 3.05) is 5.32 Å². The Balaban J connectivity index is 1.46. The predicted molar refractivity (Wildman–Crippen MR) is 145 cm³/mol. The zero-order chi connectivity index (χ0) is 26.2. The molecule has 0 fully saturated rings. The summed E-state index contributed by atoms with van der Waals surface area (Å²) in [6, 6.07) is 21.7. The summed E-state index contributed by atoms with van der Waals surface area (Å²) in [7, 11) is -3.81. The lowest BCUT2D eigenvalue weighted by Gasteiger charge is -2.14. The van der Waals surface area contributed by atoms with Crippen LogP contribution < -0.4 is 10.5 Å². The van der Waals surface area contributed by atoms with Crippen LogP contribution in [-0.4, -0.2) is 39.3 Å². The van der Waals surface area contributed by atoms with Gasteiger partial charge in [0.05, 0.1) is 10.1 Å². The summed E-state index contributed by atoms with van der Waals surface area (Å²) in [5.74, 6) is 0.400. The van der Waals surface area contributed by atoms with Gasteiger partial charge in [0.15, 0.2) is 11.0 Å². The van der Waals surface area contributed by atoms with Gasteiger partial charge in [-0.2, -0.15) is 0 Å². The number of aryl methyl sites for hydroxylation is 1. The van der Waals surface area contributed by atoms with Crippen LogP contribution in [0.1, 0.15) is 12.5 Å². The summed E-state index contributed by atoms with van der Waals surface area (Å²) < 4.78 is 24.9. The average Bonchev–Trinajstić information content (AvgIpc) is 3.47. The monoisotopic (exact) mass is 532 g/mol. The van der Waals surface area contributed by atoms with Crippen LogP contribution in [0.4, 0.5) is 5.69 Å². The van der Waals surface area contributed by atoms with Crippen LogP contribution in [0.2, 0.25) is 0 Å². The lowest BCUT2D eigenvalue weighted by Crippen LogP contribution is -2.23. The molecule has 0 saturated carbocycles. The van der Waals surface area contributed by atoms with Crippen LogP contribution in [0, 0.1) is 6.92 Å². The van der Waals surface area contributed by atoms with Crippen molar-refractivity contribution < 1.29 is 13.2 Å². The Labute approximate surface area is 218 Å². The Morgan fingerprint density at radius 2 is 1.81 bits per heavy atom. The van der Waals surface area contributed by atoms with Crippen molar-refractivity contribution in [1.82, 2.24) is 19.7 Å². The number of para-hydroxylation sites is 1. The molecule has 0 aliphatic carbocycles. The van der Waals surface area contributed by atoms with Crippen LogP contribution in [0.5, 0.6) is 0 Å². The van der Waals surface area contributed by atoms with Crippen LogP contribution in [-0.2, 0) is 14.8 Å². The quantitative estimate of drug-likeness (QED) is 0.264. The topological polar surface area (TPSA) is 136 Å². The minimum Gasteiger partial charge on any atom is -0.360 e. The Hall–Kier alpha value is -3.93. The third-order valence-electron chi connectivity index (χ3n) is 5.83. The van der Waals surface area contributed by atoms with Gasteiger partial charge in [-0.15, -0.1) is 10.2 Å². The number of thioether (sulfide) groups is 1. The van der Waals surface area contributed by atoms with E-state index in [-0.39, 0.29) is 10.8 Å². The van der Waals surface area contributed by atoms with Crippen LogP contribution in [0.25, 0.3) is 28.0 Å². The lowest BCUT2D eigenvalue weighted by molar-refractivity contribution is -0.115. The molecule has 0 unspecified atom stereocenters. The summed E-state index contributed by atoms with van der Waals surface area (Å²) in [5, 5.41) is 18.0. The maximum atomic E-state index is 13.0. The molecule has 1 atom stereocenters. The fourth-order valence-corrected chi connectivity index (χ4v) is 5.34. The number of hydrogen-bond donors (Lipinski definition) is 3. The van der Waals surface area contributed by atoms with Crippen molar-refractivity contribution in [2.24, 2.45) is 5.14 Å². The van der Waals surface area contributed by atoms with Crippen LogP contribution >= 0.6 is 11.8 Å². The predicted octanol–water partition coefficient (Wildman–Crippen LogP) is 4.49. The van der Waals surface area contributed by atoms with Gasteiger partial charge in [-0.1, -0.05) is 42.1 Å². The third kappa shape index (κ3) is 5.15. The molecule has 0 saturated heterocycles. The standard InChI is InChI=1S/C26H24N6O3S2/c1-16-6-5-7-19(14-16)32-24(22-15-28-23-9-4-3-8-21(22)23)30-31-26(32)36-17(2)25(33)29-18-10-12-20(13-11-18)37(27,34)35/h3-15,17,28H,1-2H3,(H,29,33)(H2,27,34,35)/t17-/m0/s1. The van der Waals surface area contributed by atoms with E-state index in [1.54, 1.807) is 6.92 Å². The first-order valence-corrected chi connectivity index (χ1v) is 13.8. The molecular formula is C26H24N6O3S2. The number of carbonyl (C=O) groups excluding carboxylic acids is 1. The smallest absolute Gasteiger partial charge is 0.238 e. The van der Waals surface area contributed by atoms with E-state index in [4.69, 9.17) is 5.14 Å². The molecule has 11 heteroatoms. The molecule has 0 aliphatic rings. The Bertz CT molecular complexity index is 1710. The summed E-state index contributed by atoms with van der Waals surface area (Å²) >= 11 is 1.28. The first kappa shape index (κ1) is 24.8. The van der Waals surface area contributed by atoms with Gasteiger partial charge in [-0.05, 0) is 61.9 Å². The number of amides is 1. The second-order valence-electron chi connectivity index (χ2n) is 8.55. The fraction of sp³-hybridized carbons (Fsp3) is 0.115. The number of sulfonamides is 1. The molecule has 1 amide bonds. The Morgan fingerprint density at radius 1 is 1.05 bits per heavy atom. The molecule has 0 aliphatic heterocycles. The van der Waals surface area contributed by atoms with E-state index < -0.39 is 15.3 Å². The van der Waals surface area contributed by atoms with E-state index in [1.165, 1.54) is 36.0 Å². The first-order valence-electron chi connectivity index (χ1n) is 11.4. The largest absolute Gasteiger partial charge is 0.360 e. The second kappa shape index (κ2) is 9.85. The minimum absolute atomic E-state index is 0.0241. The SMILES string of the molecule is Cc1cccc(-n2c(S[C@@H](C)C(=O)Nc3ccc(S(N)(=O)=O)cc3)nnc2-c2c[nH]c3ccccc23)c1. The molecule has 9 nitrogen and oxygen atoms in total. The molecule has 2 aromatic heterocycles. The van der Waals surface area contributed by atoms with E-state index in [9.17, 15) is 13.2 Å². The van der Waals surface area contributed by atoms with Gasteiger partial charge in [-0.3, -0.25) is 9.36 Å². The molecule has 0 radical (unpaired) electrons. The van der Waals surface area contributed by atoms with Gasteiger partial charge in [0.25, 0.3) is 0 Å². The molecule has 37 heavy (non-hydrogen) atoms. The summed E-state index contributed by atoms with van der Waals surface area (Å²) in [6.45, 7) is 3.79. The maximum absolute atomic E-state index is 13.0. The highest BCUT2D eigenvalue weighted by Crippen LogP contribution is 2.34. The van der Waals surface area contributed by atoms with E-state index in [2.05, 4.69) is 20.5 Å². The number of benzene rings is 3. The number of carbonyl (C=O) groups is 1. The minimum atomic E-state index is -3.81. The Morgan fingerprint density at radius 3 is 2.54 bits per heavy atom. The highest BCUT2D eigenvalue weighted by Gasteiger charge is 2.23. The van der Waals surface area contributed by atoms with E-state index in [0.29, 0.717) is 16.7 Å². The van der Waals surface area contributed by atoms with Crippen molar-refractivity contribution in [1.29, 1.82) is 0 Å². The van der Waals surface area contributed by atoms with Crippen LogP contribution in [0.15, 0.2) is 89.0 Å². The van der Waals surface area contributed by atoms with Gasteiger partial charge < -0.3 is 10.3 Å². The number of aromatic nitrogens is 4. The lowest BCUT2D eigenvalue weighted by atomic mass is 10.1. The molecule has 188 valence electrons. The maximum Gasteiger partial charge on any atom is 0.238 e. The van der Waals surface area contributed by atoms with E-state index >= 15 is 0 Å². The number of aromatic amines is 1.